The Kier molecular flexibility index (Phi) is 6.70. The predicted octanol–water partition coefficient (Wildman–Crippen LogP) is -1.98. The highest BCUT2D eigenvalue weighted by Crippen LogP contribution is 1.96. The molecular weight excluding hydrogens is 168 g/mol. The summed E-state index contributed by atoms with van der Waals surface area (Å²) in [6, 6.07) is -0.0251. The van der Waals surface area contributed by atoms with Gasteiger partial charge in [-0.2, -0.15) is 0 Å². The summed E-state index contributed by atoms with van der Waals surface area (Å²) in [7, 11) is 1.80. The third kappa shape index (κ3) is 6.65. The first-order chi connectivity index (χ1) is 6.07. The average Bonchev–Trinajstić information content (AvgIpc) is 2.03. The molecule has 0 amide bonds. The Morgan fingerprint density at radius 2 is 2.23 bits per heavy atom. The molecule has 0 heterocycles. The normalized spacial score (nSPS) is 15.4. The summed E-state index contributed by atoms with van der Waals surface area (Å²) in [6.07, 6.45) is 1.55. The minimum atomic E-state index is -0.217. The minimum Gasteiger partial charge on any atom is -0.330 e. The summed E-state index contributed by atoms with van der Waals surface area (Å²) in [5, 5.41) is 5.96. The van der Waals surface area contributed by atoms with Gasteiger partial charge in [-0.1, -0.05) is 0 Å². The molecule has 0 fully saturated rings. The van der Waals surface area contributed by atoms with E-state index in [1.165, 1.54) is 0 Å². The molecule has 0 saturated carbocycles. The van der Waals surface area contributed by atoms with Crippen LogP contribution in [0.2, 0.25) is 0 Å². The van der Waals surface area contributed by atoms with Gasteiger partial charge in [0.15, 0.2) is 6.29 Å². The van der Waals surface area contributed by atoms with E-state index in [0.717, 1.165) is 19.4 Å². The van der Waals surface area contributed by atoms with Crippen molar-refractivity contribution in [3.05, 3.63) is 0 Å². The van der Waals surface area contributed by atoms with Crippen LogP contribution in [-0.2, 0) is 4.79 Å². The Morgan fingerprint density at radius 1 is 1.62 bits per heavy atom. The maximum Gasteiger partial charge on any atom is 0.192 e. The number of nitrogens with one attached hydrogen (secondary N) is 2. The zero-order valence-corrected chi connectivity index (χ0v) is 8.47. The highest BCUT2D eigenvalue weighted by molar-refractivity contribution is 5.81. The summed E-state index contributed by atoms with van der Waals surface area (Å²) in [5.74, 6) is 0.182. The van der Waals surface area contributed by atoms with Crippen LogP contribution in [-0.4, -0.2) is 31.7 Å². The summed E-state index contributed by atoms with van der Waals surface area (Å²) < 4.78 is 0. The Labute approximate surface area is 79.2 Å². The number of carbonyl (C=O) groups is 1. The topological polar surface area (TPSA) is 94.8 Å². The van der Waals surface area contributed by atoms with Gasteiger partial charge in [0.05, 0.1) is 6.04 Å². The second kappa shape index (κ2) is 6.97. The second-order valence-electron chi connectivity index (χ2n) is 3.15. The molecule has 78 valence electrons. The maximum absolute atomic E-state index is 11.0. The van der Waals surface area contributed by atoms with Crippen molar-refractivity contribution in [3.8, 4) is 0 Å². The van der Waals surface area contributed by atoms with Gasteiger partial charge >= 0.3 is 0 Å². The first-order valence-electron chi connectivity index (χ1n) is 4.57. The molecule has 7 N–H and O–H groups in total. The van der Waals surface area contributed by atoms with Gasteiger partial charge < -0.3 is 11.1 Å². The van der Waals surface area contributed by atoms with E-state index >= 15 is 0 Å². The number of likely N-dealkylation sites (N-methyl/N-ethyl adjacent to an activating group) is 1. The fourth-order valence-corrected chi connectivity index (χ4v) is 1.14. The first-order valence-corrected chi connectivity index (χ1v) is 4.57. The summed E-state index contributed by atoms with van der Waals surface area (Å²) in [6.45, 7) is 2.40. The molecule has 0 rings (SSSR count). The summed E-state index contributed by atoms with van der Waals surface area (Å²) in [5.41, 5.74) is 8.99. The predicted molar refractivity (Wildman–Crippen MR) is 51.6 cm³/mol. The number of quaternary nitrogens is 1. The monoisotopic (exact) mass is 189 g/mol. The van der Waals surface area contributed by atoms with Crippen LogP contribution in [0.5, 0.6) is 0 Å². The van der Waals surface area contributed by atoms with Gasteiger partial charge in [-0.05, 0) is 26.8 Å². The SMILES string of the molecule is CNC(CCCNC(N)[NH3+])C(C)=O. The van der Waals surface area contributed by atoms with E-state index in [2.05, 4.69) is 16.4 Å². The average molecular weight is 189 g/mol. The quantitative estimate of drug-likeness (QED) is 0.276. The van der Waals surface area contributed by atoms with Gasteiger partial charge in [0, 0.05) is 6.54 Å². The smallest absolute Gasteiger partial charge is 0.192 e. The van der Waals surface area contributed by atoms with Gasteiger partial charge in [-0.3, -0.25) is 15.8 Å². The zero-order chi connectivity index (χ0) is 10.3. The Bertz CT molecular complexity index is 149. The Morgan fingerprint density at radius 3 is 2.62 bits per heavy atom. The number of carbonyl (C=O) groups excluding carboxylic acids is 1. The van der Waals surface area contributed by atoms with Gasteiger partial charge in [0.25, 0.3) is 0 Å². The highest BCUT2D eigenvalue weighted by Gasteiger charge is 2.10. The maximum atomic E-state index is 11.0. The molecule has 13 heavy (non-hydrogen) atoms. The first kappa shape index (κ1) is 12.5. The van der Waals surface area contributed by atoms with Crippen molar-refractivity contribution < 1.29 is 10.5 Å². The Balaban J connectivity index is 3.44. The van der Waals surface area contributed by atoms with E-state index in [1.54, 1.807) is 14.0 Å². The lowest BCUT2D eigenvalue weighted by Gasteiger charge is -2.12. The summed E-state index contributed by atoms with van der Waals surface area (Å²) in [4.78, 5) is 11.0. The molecule has 0 spiro atoms. The van der Waals surface area contributed by atoms with E-state index in [9.17, 15) is 4.79 Å². The van der Waals surface area contributed by atoms with Crippen LogP contribution in [0.15, 0.2) is 0 Å². The molecule has 0 saturated heterocycles. The lowest BCUT2D eigenvalue weighted by Crippen LogP contribution is -2.73. The molecular formula is C8H21N4O+. The molecule has 0 aliphatic carbocycles. The van der Waals surface area contributed by atoms with Gasteiger partial charge in [-0.25, -0.2) is 0 Å². The molecule has 2 unspecified atom stereocenters. The second-order valence-corrected chi connectivity index (χ2v) is 3.15. The van der Waals surface area contributed by atoms with E-state index in [1.807, 2.05) is 0 Å². The van der Waals surface area contributed by atoms with Crippen molar-refractivity contribution in [1.29, 1.82) is 0 Å². The molecule has 0 aliphatic rings. The van der Waals surface area contributed by atoms with Crippen molar-refractivity contribution in [1.82, 2.24) is 10.6 Å². The largest absolute Gasteiger partial charge is 0.330 e. The van der Waals surface area contributed by atoms with E-state index in [4.69, 9.17) is 5.73 Å². The van der Waals surface area contributed by atoms with Crippen LogP contribution < -0.4 is 22.1 Å². The lowest BCUT2D eigenvalue weighted by molar-refractivity contribution is -0.427. The van der Waals surface area contributed by atoms with E-state index in [-0.39, 0.29) is 18.1 Å². The lowest BCUT2D eigenvalue weighted by atomic mass is 10.1. The Hall–Kier alpha value is -0.490. The van der Waals surface area contributed by atoms with Crippen molar-refractivity contribution in [2.75, 3.05) is 13.6 Å². The minimum absolute atomic E-state index is 0.0251. The van der Waals surface area contributed by atoms with Crippen molar-refractivity contribution >= 4 is 5.78 Å². The molecule has 2 atom stereocenters. The highest BCUT2D eigenvalue weighted by atomic mass is 16.1. The fraction of sp³-hybridized carbons (Fsp3) is 0.875. The van der Waals surface area contributed by atoms with Crippen LogP contribution in [0.25, 0.3) is 0 Å². The number of rotatable bonds is 7. The molecule has 5 heteroatoms. The molecule has 0 aromatic carbocycles. The van der Waals surface area contributed by atoms with Crippen molar-refractivity contribution in [2.45, 2.75) is 32.1 Å². The van der Waals surface area contributed by atoms with Crippen LogP contribution in [0.4, 0.5) is 0 Å². The number of Topliss-reactive ketones (excluding diaryl/α,β-unsaturated/α-hetero) is 1. The van der Waals surface area contributed by atoms with E-state index in [0.29, 0.717) is 0 Å². The van der Waals surface area contributed by atoms with Crippen LogP contribution in [0, 0.1) is 0 Å². The zero-order valence-electron chi connectivity index (χ0n) is 8.47. The molecule has 0 aromatic heterocycles. The van der Waals surface area contributed by atoms with Crippen molar-refractivity contribution in [3.63, 3.8) is 0 Å². The van der Waals surface area contributed by atoms with Gasteiger partial charge in [0.2, 0.25) is 0 Å². The molecule has 0 bridgehead atoms. The fourth-order valence-electron chi connectivity index (χ4n) is 1.14. The van der Waals surface area contributed by atoms with E-state index < -0.39 is 0 Å². The third-order valence-electron chi connectivity index (χ3n) is 1.92. The number of nitrogens with two attached hydrogens (primary N) is 1. The molecule has 5 nitrogen and oxygen atoms in total. The molecule has 0 aromatic rings. The molecule has 0 radical (unpaired) electrons. The van der Waals surface area contributed by atoms with Gasteiger partial charge in [0.1, 0.15) is 5.78 Å². The standard InChI is InChI=1S/C8H20N4O/c1-6(13)7(11-2)4-3-5-12-8(9)10/h7-8,11-12H,3-5,9-10H2,1-2H3/p+1. The van der Waals surface area contributed by atoms with Crippen LogP contribution >= 0.6 is 0 Å². The third-order valence-corrected chi connectivity index (χ3v) is 1.92. The number of hydrogen-bond acceptors (Lipinski definition) is 4. The van der Waals surface area contributed by atoms with Gasteiger partial charge in [-0.15, -0.1) is 0 Å². The van der Waals surface area contributed by atoms with Crippen LogP contribution in [0.3, 0.4) is 0 Å². The number of ketones is 1. The molecule has 0 aliphatic heterocycles. The van der Waals surface area contributed by atoms with Crippen LogP contribution in [0.1, 0.15) is 19.8 Å². The van der Waals surface area contributed by atoms with Crippen molar-refractivity contribution in [2.24, 2.45) is 5.73 Å². The number of hydrogen-bond donors (Lipinski definition) is 4. The summed E-state index contributed by atoms with van der Waals surface area (Å²) >= 11 is 0.